The Morgan fingerprint density at radius 3 is 2.83 bits per heavy atom. The molecule has 23 heavy (non-hydrogen) atoms. The molecule has 1 aromatic carbocycles. The van der Waals surface area contributed by atoms with Gasteiger partial charge in [-0.05, 0) is 36.8 Å². The summed E-state index contributed by atoms with van der Waals surface area (Å²) in [6.45, 7) is 1.56. The molecule has 1 amide bonds. The van der Waals surface area contributed by atoms with Gasteiger partial charge in [0.05, 0.1) is 0 Å². The number of rotatable bonds is 7. The van der Waals surface area contributed by atoms with Crippen LogP contribution in [0.25, 0.3) is 0 Å². The normalized spacial score (nSPS) is 15.0. The van der Waals surface area contributed by atoms with Crippen LogP contribution < -0.4 is 16.0 Å². The minimum Gasteiger partial charge on any atom is -0.356 e. The Bertz CT molecular complexity index is 543. The van der Waals surface area contributed by atoms with Gasteiger partial charge in [0.15, 0.2) is 5.96 Å². The Morgan fingerprint density at radius 1 is 1.35 bits per heavy atom. The second kappa shape index (κ2) is 9.45. The van der Waals surface area contributed by atoms with Crippen molar-refractivity contribution >= 4 is 29.3 Å². The maximum Gasteiger partial charge on any atom is 0.227 e. The summed E-state index contributed by atoms with van der Waals surface area (Å²) in [5.74, 6) is 2.19. The highest BCUT2D eigenvalue weighted by Gasteiger charge is 2.25. The maximum atomic E-state index is 12.0. The minimum absolute atomic E-state index is 0.149. The molecule has 0 aliphatic heterocycles. The quantitative estimate of drug-likeness (QED) is 0.407. The largest absolute Gasteiger partial charge is 0.356 e. The molecular formula is C17H26N4OS. The number of hydrogen-bond donors (Lipinski definition) is 3. The fraction of sp³-hybridized carbons (Fsp3) is 0.529. The average molecular weight is 334 g/mol. The van der Waals surface area contributed by atoms with E-state index in [2.05, 4.69) is 27.2 Å². The van der Waals surface area contributed by atoms with Crippen molar-refractivity contribution < 1.29 is 4.79 Å². The first kappa shape index (κ1) is 17.7. The predicted octanol–water partition coefficient (Wildman–Crippen LogP) is 2.45. The van der Waals surface area contributed by atoms with Crippen molar-refractivity contribution in [2.75, 3.05) is 30.9 Å². The third-order valence-corrected chi connectivity index (χ3v) is 4.57. The van der Waals surface area contributed by atoms with Gasteiger partial charge in [-0.15, -0.1) is 0 Å². The maximum absolute atomic E-state index is 12.0. The van der Waals surface area contributed by atoms with E-state index in [1.54, 1.807) is 18.8 Å². The van der Waals surface area contributed by atoms with Crippen LogP contribution in [-0.2, 0) is 11.3 Å². The molecule has 5 nitrogen and oxygen atoms in total. The molecule has 1 aliphatic carbocycles. The smallest absolute Gasteiger partial charge is 0.227 e. The van der Waals surface area contributed by atoms with Gasteiger partial charge in [-0.3, -0.25) is 9.79 Å². The van der Waals surface area contributed by atoms with E-state index in [0.717, 1.165) is 42.3 Å². The van der Waals surface area contributed by atoms with Crippen LogP contribution in [0.4, 0.5) is 5.69 Å². The molecule has 126 valence electrons. The highest BCUT2D eigenvalue weighted by molar-refractivity contribution is 7.98. The fourth-order valence-electron chi connectivity index (χ4n) is 2.35. The summed E-state index contributed by atoms with van der Waals surface area (Å²) in [7, 11) is 1.77. The van der Waals surface area contributed by atoms with E-state index in [0.29, 0.717) is 6.54 Å². The van der Waals surface area contributed by atoms with Gasteiger partial charge < -0.3 is 16.0 Å². The lowest BCUT2D eigenvalue weighted by atomic mass is 9.85. The van der Waals surface area contributed by atoms with Crippen molar-refractivity contribution in [2.45, 2.75) is 25.8 Å². The van der Waals surface area contributed by atoms with Gasteiger partial charge in [0.25, 0.3) is 0 Å². The van der Waals surface area contributed by atoms with Gasteiger partial charge in [0, 0.05) is 37.5 Å². The van der Waals surface area contributed by atoms with Crippen molar-refractivity contribution in [3.05, 3.63) is 29.8 Å². The zero-order valence-electron chi connectivity index (χ0n) is 13.9. The Balaban J connectivity index is 1.82. The minimum atomic E-state index is 0.149. The lowest BCUT2D eigenvalue weighted by Crippen LogP contribution is -2.37. The van der Waals surface area contributed by atoms with E-state index >= 15 is 0 Å². The van der Waals surface area contributed by atoms with Crippen LogP contribution in [0.15, 0.2) is 29.3 Å². The fourth-order valence-corrected chi connectivity index (χ4v) is 2.66. The van der Waals surface area contributed by atoms with E-state index < -0.39 is 0 Å². The standard InChI is InChI=1S/C17H26N4OS/c1-18-17(19-9-10-23-2)20-12-13-5-3-8-15(11-13)21-16(22)14-6-4-7-14/h3,5,8,11,14H,4,6-7,9-10,12H2,1-2H3,(H,21,22)(H2,18,19,20). The van der Waals surface area contributed by atoms with Crippen molar-refractivity contribution in [3.63, 3.8) is 0 Å². The van der Waals surface area contributed by atoms with Gasteiger partial charge >= 0.3 is 0 Å². The molecule has 0 atom stereocenters. The first-order valence-electron chi connectivity index (χ1n) is 8.06. The second-order valence-corrected chi connectivity index (χ2v) is 6.65. The molecule has 2 rings (SSSR count). The molecule has 0 aromatic heterocycles. The van der Waals surface area contributed by atoms with Gasteiger partial charge in [0.2, 0.25) is 5.91 Å². The zero-order chi connectivity index (χ0) is 16.5. The highest BCUT2D eigenvalue weighted by Crippen LogP contribution is 2.27. The number of aliphatic imine (C=N–C) groups is 1. The van der Waals surface area contributed by atoms with E-state index in [1.165, 1.54) is 6.42 Å². The Morgan fingerprint density at radius 2 is 2.17 bits per heavy atom. The number of amides is 1. The Kier molecular flexibility index (Phi) is 7.26. The third-order valence-electron chi connectivity index (χ3n) is 3.95. The molecule has 0 bridgehead atoms. The molecule has 0 heterocycles. The number of hydrogen-bond acceptors (Lipinski definition) is 3. The number of carbonyl (C=O) groups is 1. The molecule has 1 saturated carbocycles. The average Bonchev–Trinajstić information content (AvgIpc) is 2.49. The summed E-state index contributed by atoms with van der Waals surface area (Å²) in [6, 6.07) is 7.96. The summed E-state index contributed by atoms with van der Waals surface area (Å²) in [6.07, 6.45) is 5.29. The molecule has 0 radical (unpaired) electrons. The monoisotopic (exact) mass is 334 g/mol. The van der Waals surface area contributed by atoms with E-state index in [-0.39, 0.29) is 11.8 Å². The van der Waals surface area contributed by atoms with Crippen LogP contribution >= 0.6 is 11.8 Å². The van der Waals surface area contributed by atoms with Crippen molar-refractivity contribution in [2.24, 2.45) is 10.9 Å². The SMILES string of the molecule is CN=C(NCCSC)NCc1cccc(NC(=O)C2CCC2)c1. The van der Waals surface area contributed by atoms with Crippen LogP contribution in [0.2, 0.25) is 0 Å². The van der Waals surface area contributed by atoms with Gasteiger partial charge in [-0.25, -0.2) is 0 Å². The summed E-state index contributed by atoms with van der Waals surface area (Å²) >= 11 is 1.80. The molecule has 1 aliphatic rings. The lowest BCUT2D eigenvalue weighted by molar-refractivity contribution is -0.122. The number of benzene rings is 1. The van der Waals surface area contributed by atoms with Crippen LogP contribution in [-0.4, -0.2) is 37.5 Å². The van der Waals surface area contributed by atoms with Gasteiger partial charge in [-0.2, -0.15) is 11.8 Å². The summed E-state index contributed by atoms with van der Waals surface area (Å²) < 4.78 is 0. The zero-order valence-corrected chi connectivity index (χ0v) is 14.7. The van der Waals surface area contributed by atoms with Crippen molar-refractivity contribution in [3.8, 4) is 0 Å². The van der Waals surface area contributed by atoms with Crippen LogP contribution in [0, 0.1) is 5.92 Å². The first-order chi connectivity index (χ1) is 11.2. The number of anilines is 1. The lowest BCUT2D eigenvalue weighted by Gasteiger charge is -2.24. The van der Waals surface area contributed by atoms with Crippen LogP contribution in [0.1, 0.15) is 24.8 Å². The molecule has 1 aromatic rings. The number of nitrogens with one attached hydrogen (secondary N) is 3. The number of nitrogens with zero attached hydrogens (tertiary/aromatic N) is 1. The Labute approximate surface area is 142 Å². The highest BCUT2D eigenvalue weighted by atomic mass is 32.2. The summed E-state index contributed by atoms with van der Waals surface area (Å²) in [4.78, 5) is 16.2. The van der Waals surface area contributed by atoms with Crippen LogP contribution in [0.3, 0.4) is 0 Å². The first-order valence-corrected chi connectivity index (χ1v) is 9.45. The molecule has 0 unspecified atom stereocenters. The molecule has 3 N–H and O–H groups in total. The molecule has 1 fully saturated rings. The number of carbonyl (C=O) groups excluding carboxylic acids is 1. The summed E-state index contributed by atoms with van der Waals surface area (Å²) in [5.41, 5.74) is 1.98. The predicted molar refractivity (Wildman–Crippen MR) is 99.0 cm³/mol. The molecule has 0 saturated heterocycles. The van der Waals surface area contributed by atoms with Crippen LogP contribution in [0.5, 0.6) is 0 Å². The number of thioether (sulfide) groups is 1. The second-order valence-electron chi connectivity index (χ2n) is 5.66. The van der Waals surface area contributed by atoms with Gasteiger partial charge in [0.1, 0.15) is 0 Å². The third kappa shape index (κ3) is 5.78. The van der Waals surface area contributed by atoms with Crippen molar-refractivity contribution in [1.29, 1.82) is 0 Å². The molecular weight excluding hydrogens is 308 g/mol. The van der Waals surface area contributed by atoms with Gasteiger partial charge in [-0.1, -0.05) is 18.6 Å². The number of guanidine groups is 1. The van der Waals surface area contributed by atoms with E-state index in [9.17, 15) is 4.79 Å². The topological polar surface area (TPSA) is 65.5 Å². The Hall–Kier alpha value is -1.69. The molecule has 0 spiro atoms. The van der Waals surface area contributed by atoms with E-state index in [1.807, 2.05) is 24.3 Å². The summed E-state index contributed by atoms with van der Waals surface area (Å²) in [5, 5.41) is 9.57. The van der Waals surface area contributed by atoms with Crippen molar-refractivity contribution in [1.82, 2.24) is 10.6 Å². The van der Waals surface area contributed by atoms with E-state index in [4.69, 9.17) is 0 Å². The molecule has 6 heteroatoms.